The third-order valence-electron chi connectivity index (χ3n) is 3.84. The van der Waals surface area contributed by atoms with Crippen LogP contribution in [-0.4, -0.2) is 69.0 Å². The fourth-order valence-electron chi connectivity index (χ4n) is 2.97. The van der Waals surface area contributed by atoms with E-state index in [1.807, 2.05) is 13.0 Å². The summed E-state index contributed by atoms with van der Waals surface area (Å²) in [7, 11) is 5.23. The average Bonchev–Trinajstić information content (AvgIpc) is 2.72. The summed E-state index contributed by atoms with van der Waals surface area (Å²) in [5.41, 5.74) is 0. The maximum absolute atomic E-state index is 8.50. The first-order chi connectivity index (χ1) is 11.3. The van der Waals surface area contributed by atoms with Gasteiger partial charge >= 0.3 is 0 Å². The van der Waals surface area contributed by atoms with Crippen molar-refractivity contribution in [3.8, 4) is 6.07 Å². The number of hydrogen-bond acceptors (Lipinski definition) is 6. The van der Waals surface area contributed by atoms with Crippen LogP contribution in [0.2, 0.25) is 0 Å². The van der Waals surface area contributed by atoms with Crippen molar-refractivity contribution in [3.05, 3.63) is 0 Å². The van der Waals surface area contributed by atoms with Gasteiger partial charge in [-0.15, -0.1) is 0 Å². The summed E-state index contributed by atoms with van der Waals surface area (Å²) >= 11 is 0. The minimum Gasteiger partial charge on any atom is -0.379 e. The van der Waals surface area contributed by atoms with E-state index in [4.69, 9.17) is 31.8 Å². The Hall–Kier alpha value is -0.215. The second-order valence-corrected chi connectivity index (χ2v) is 8.07. The predicted molar refractivity (Wildman–Crippen MR) is 95.8 cm³/mol. The fourth-order valence-corrected chi connectivity index (χ4v) is 5.03. The number of hydrogen-bond donors (Lipinski definition) is 0. The lowest BCUT2D eigenvalue weighted by Crippen LogP contribution is -2.39. The molecule has 1 heterocycles. The summed E-state index contributed by atoms with van der Waals surface area (Å²) < 4.78 is 25.4. The molecule has 0 amide bonds. The van der Waals surface area contributed by atoms with Crippen molar-refractivity contribution < 1.29 is 18.7 Å². The molecule has 8 heteroatoms. The lowest BCUT2D eigenvalue weighted by atomic mass is 9.93. The van der Waals surface area contributed by atoms with Gasteiger partial charge in [0.1, 0.15) is 35.1 Å². The second-order valence-electron chi connectivity index (χ2n) is 6.47. The van der Waals surface area contributed by atoms with E-state index in [-0.39, 0.29) is 25.1 Å². The molecule has 0 bridgehead atoms. The Morgan fingerprint density at radius 2 is 1.88 bits per heavy atom. The second kappa shape index (κ2) is 10.7. The first-order valence-corrected chi connectivity index (χ1v) is 10.1. The summed E-state index contributed by atoms with van der Waals surface area (Å²) in [6, 6.07) is 2.26. The van der Waals surface area contributed by atoms with E-state index in [1.165, 1.54) is 0 Å². The molecule has 0 aromatic carbocycles. The lowest BCUT2D eigenvalue weighted by Gasteiger charge is -2.37. The summed E-state index contributed by atoms with van der Waals surface area (Å²) in [5.74, 6) is 0. The largest absolute Gasteiger partial charge is 0.379 e. The van der Waals surface area contributed by atoms with Crippen LogP contribution in [0.1, 0.15) is 41.0 Å². The maximum Gasteiger partial charge on any atom is 0.147 e. The molecule has 0 N–H and O–H groups in total. The Morgan fingerprint density at radius 3 is 2.42 bits per heavy atom. The van der Waals surface area contributed by atoms with Gasteiger partial charge < -0.3 is 18.7 Å². The summed E-state index contributed by atoms with van der Waals surface area (Å²) in [6.45, 7) is 13.1. The van der Waals surface area contributed by atoms with Gasteiger partial charge in [0.05, 0.1) is 25.2 Å². The van der Waals surface area contributed by atoms with Gasteiger partial charge in [0.25, 0.3) is 0 Å². The zero-order chi connectivity index (χ0) is 18.3. The molecule has 0 aromatic heterocycles. The topological polar surface area (TPSA) is 64.0 Å². The fraction of sp³-hybridized carbons (Fsp3) is 0.938. The van der Waals surface area contributed by atoms with Gasteiger partial charge in [-0.05, 0) is 41.3 Å². The van der Waals surface area contributed by atoms with Crippen LogP contribution in [-0.2, 0) is 18.7 Å². The van der Waals surface area contributed by atoms with E-state index in [0.717, 1.165) is 0 Å². The van der Waals surface area contributed by atoms with E-state index in [0.29, 0.717) is 25.1 Å². The normalized spacial score (nSPS) is 28.7. The number of nitrogens with zero attached hydrogens (tertiary/aromatic N) is 2. The van der Waals surface area contributed by atoms with Crippen LogP contribution < -0.4 is 0 Å². The molecule has 0 aliphatic carbocycles. The van der Waals surface area contributed by atoms with Crippen molar-refractivity contribution in [2.45, 2.75) is 77.4 Å². The molecular formula is C16H30BN2O4P. The van der Waals surface area contributed by atoms with Crippen LogP contribution in [0.4, 0.5) is 0 Å². The Morgan fingerprint density at radius 1 is 1.25 bits per heavy atom. The summed E-state index contributed by atoms with van der Waals surface area (Å²) in [6.07, 6.45) is -0.426. The summed E-state index contributed by atoms with van der Waals surface area (Å²) in [5, 5.41) is 8.50. The molecule has 136 valence electrons. The Balaban J connectivity index is 2.63. The third-order valence-corrected chi connectivity index (χ3v) is 5.96. The van der Waals surface area contributed by atoms with E-state index < -0.39 is 14.3 Å². The van der Waals surface area contributed by atoms with Gasteiger partial charge in [-0.3, -0.25) is 4.67 Å². The molecule has 2 radical (unpaired) electrons. The standard InChI is InChI=1S/C16H30BN2O4P/c1-11(2)19(12(3)4)24(6)23-14-13(5)22-16(17)15(14)21-10-20-9-7-8-18/h11-16H,7,9-10H2,1-6H3/t13-,14?,15+,16-,24?/m1/s1. The van der Waals surface area contributed by atoms with E-state index in [1.54, 1.807) is 0 Å². The first-order valence-electron chi connectivity index (χ1n) is 8.45. The quantitative estimate of drug-likeness (QED) is 0.260. The van der Waals surface area contributed by atoms with Gasteiger partial charge in [-0.1, -0.05) is 0 Å². The van der Waals surface area contributed by atoms with Crippen LogP contribution in [0.25, 0.3) is 0 Å². The van der Waals surface area contributed by atoms with Gasteiger partial charge in [0, 0.05) is 18.1 Å². The van der Waals surface area contributed by atoms with Gasteiger partial charge in [0.2, 0.25) is 0 Å². The molecule has 1 aliphatic rings. The number of nitriles is 1. The van der Waals surface area contributed by atoms with Crippen molar-refractivity contribution in [1.82, 2.24) is 4.67 Å². The monoisotopic (exact) mass is 356 g/mol. The molecule has 0 saturated carbocycles. The lowest BCUT2D eigenvalue weighted by molar-refractivity contribution is -0.111. The van der Waals surface area contributed by atoms with Crippen molar-refractivity contribution >= 4 is 16.1 Å². The maximum atomic E-state index is 8.50. The van der Waals surface area contributed by atoms with Crippen LogP contribution >= 0.6 is 8.30 Å². The molecular weight excluding hydrogens is 326 g/mol. The Bertz CT molecular complexity index is 400. The smallest absolute Gasteiger partial charge is 0.147 e. The molecule has 0 aromatic rings. The molecule has 1 aliphatic heterocycles. The Labute approximate surface area is 149 Å². The highest BCUT2D eigenvalue weighted by Crippen LogP contribution is 2.45. The predicted octanol–water partition coefficient (Wildman–Crippen LogP) is 2.62. The molecule has 24 heavy (non-hydrogen) atoms. The zero-order valence-electron chi connectivity index (χ0n) is 15.6. The average molecular weight is 356 g/mol. The Kier molecular flexibility index (Phi) is 9.73. The molecule has 1 fully saturated rings. The van der Waals surface area contributed by atoms with Crippen molar-refractivity contribution in [2.24, 2.45) is 0 Å². The highest BCUT2D eigenvalue weighted by Gasteiger charge is 2.43. The SMILES string of the molecule is [B][C@@H]1O[C@H](C)C(OP(C)N(C(C)C)C(C)C)[C@@H]1OCOCCC#N. The van der Waals surface area contributed by atoms with E-state index >= 15 is 0 Å². The summed E-state index contributed by atoms with van der Waals surface area (Å²) in [4.78, 5) is 0. The number of ether oxygens (including phenoxy) is 3. The van der Waals surface area contributed by atoms with Crippen LogP contribution in [0.5, 0.6) is 0 Å². The highest BCUT2D eigenvalue weighted by atomic mass is 31.2. The van der Waals surface area contributed by atoms with Crippen molar-refractivity contribution in [3.63, 3.8) is 0 Å². The van der Waals surface area contributed by atoms with Gasteiger partial charge in [0.15, 0.2) is 0 Å². The first kappa shape index (κ1) is 21.8. The van der Waals surface area contributed by atoms with Gasteiger partial charge in [-0.25, -0.2) is 0 Å². The highest BCUT2D eigenvalue weighted by molar-refractivity contribution is 7.49. The van der Waals surface area contributed by atoms with E-state index in [9.17, 15) is 0 Å². The van der Waals surface area contributed by atoms with Crippen LogP contribution in [0.3, 0.4) is 0 Å². The minimum absolute atomic E-state index is 0.0791. The molecule has 0 spiro atoms. The van der Waals surface area contributed by atoms with Crippen LogP contribution in [0.15, 0.2) is 0 Å². The molecule has 6 nitrogen and oxygen atoms in total. The minimum atomic E-state index is -0.797. The molecule has 1 rings (SSSR count). The van der Waals surface area contributed by atoms with Crippen molar-refractivity contribution in [2.75, 3.05) is 20.1 Å². The zero-order valence-corrected chi connectivity index (χ0v) is 16.5. The third kappa shape index (κ3) is 6.26. The van der Waals surface area contributed by atoms with Gasteiger partial charge in [-0.2, -0.15) is 5.26 Å². The molecule has 5 atom stereocenters. The van der Waals surface area contributed by atoms with Crippen molar-refractivity contribution in [1.29, 1.82) is 5.26 Å². The molecule has 1 saturated heterocycles. The van der Waals surface area contributed by atoms with E-state index in [2.05, 4.69) is 39.0 Å². The molecule has 2 unspecified atom stereocenters. The number of rotatable bonds is 10. The van der Waals surface area contributed by atoms with Crippen LogP contribution in [0, 0.1) is 11.3 Å².